The molecule has 29 heavy (non-hydrogen) atoms. The van der Waals surface area contributed by atoms with Gasteiger partial charge in [-0.2, -0.15) is 8.42 Å². The molecule has 1 heterocycles. The van der Waals surface area contributed by atoms with E-state index < -0.39 is 10.1 Å². The summed E-state index contributed by atoms with van der Waals surface area (Å²) in [7, 11) is 1.54. The first kappa shape index (κ1) is 21.2. The van der Waals surface area contributed by atoms with Crippen molar-refractivity contribution in [3.8, 4) is 5.75 Å². The fourth-order valence-electron chi connectivity index (χ4n) is 2.80. The molecule has 0 atom stereocenters. The van der Waals surface area contributed by atoms with E-state index >= 15 is 0 Å². The predicted molar refractivity (Wildman–Crippen MR) is 115 cm³/mol. The Hall–Kier alpha value is -2.56. The number of nitrogens with zero attached hydrogens (tertiary/aromatic N) is 4. The van der Waals surface area contributed by atoms with E-state index in [0.717, 1.165) is 27.3 Å². The van der Waals surface area contributed by atoms with Gasteiger partial charge >= 0.3 is 5.13 Å². The molecule has 0 bridgehead atoms. The van der Waals surface area contributed by atoms with E-state index in [4.69, 9.17) is 9.29 Å². The summed E-state index contributed by atoms with van der Waals surface area (Å²) in [6.45, 7) is 0.389. The lowest BCUT2D eigenvalue weighted by Gasteiger charge is -2.11. The number of aromatic nitrogens is 1. The van der Waals surface area contributed by atoms with Crippen LogP contribution in [0.3, 0.4) is 0 Å². The average molecular weight is 436 g/mol. The second-order valence-electron chi connectivity index (χ2n) is 6.62. The molecule has 0 saturated heterocycles. The number of fused-ring (bicyclic) bond motifs is 1. The SMILES string of the molecule is COc1ccc2c(c1)sc(N=Nc1ccc(N(C)C)cc1)[n+]2CCCS(=O)(=O)O. The topological polar surface area (TPSA) is 95.4 Å². The van der Waals surface area contributed by atoms with Crippen molar-refractivity contribution in [3.05, 3.63) is 42.5 Å². The first-order valence-electron chi connectivity index (χ1n) is 8.91. The van der Waals surface area contributed by atoms with Crippen LogP contribution in [-0.2, 0) is 16.7 Å². The number of benzene rings is 2. The molecule has 0 spiro atoms. The van der Waals surface area contributed by atoms with Crippen LogP contribution in [0.1, 0.15) is 6.42 Å². The average Bonchev–Trinajstić information content (AvgIpc) is 3.02. The molecule has 0 fully saturated rings. The van der Waals surface area contributed by atoms with Crippen LogP contribution in [-0.4, -0.2) is 39.9 Å². The summed E-state index contributed by atoms with van der Waals surface area (Å²) in [5, 5.41) is 9.37. The van der Waals surface area contributed by atoms with Gasteiger partial charge in [0.15, 0.2) is 0 Å². The van der Waals surface area contributed by atoms with Crippen molar-refractivity contribution < 1.29 is 22.3 Å². The molecular weight excluding hydrogens is 412 g/mol. The van der Waals surface area contributed by atoms with Crippen molar-refractivity contribution in [3.63, 3.8) is 0 Å². The molecule has 0 radical (unpaired) electrons. The molecule has 154 valence electrons. The van der Waals surface area contributed by atoms with Crippen LogP contribution >= 0.6 is 11.3 Å². The molecule has 0 aliphatic heterocycles. The fourth-order valence-corrected chi connectivity index (χ4v) is 4.33. The van der Waals surface area contributed by atoms with E-state index in [1.54, 1.807) is 7.11 Å². The molecule has 8 nitrogen and oxygen atoms in total. The number of anilines is 1. The van der Waals surface area contributed by atoms with Gasteiger partial charge in [-0.3, -0.25) is 4.55 Å². The van der Waals surface area contributed by atoms with Crippen molar-refractivity contribution in [2.75, 3.05) is 31.9 Å². The van der Waals surface area contributed by atoms with Gasteiger partial charge in [0, 0.05) is 32.3 Å². The highest BCUT2D eigenvalue weighted by Gasteiger charge is 2.20. The van der Waals surface area contributed by atoms with Crippen molar-refractivity contribution in [2.45, 2.75) is 13.0 Å². The number of hydrogen-bond acceptors (Lipinski definition) is 7. The third kappa shape index (κ3) is 5.49. The Kier molecular flexibility index (Phi) is 6.46. The van der Waals surface area contributed by atoms with Crippen LogP contribution in [0, 0.1) is 0 Å². The third-order valence-electron chi connectivity index (χ3n) is 4.29. The number of ether oxygens (including phenoxy) is 1. The van der Waals surface area contributed by atoms with E-state index in [2.05, 4.69) is 10.2 Å². The molecular formula is C19H23N4O4S2+. The summed E-state index contributed by atoms with van der Waals surface area (Å²) in [5.74, 6) is 0.419. The van der Waals surface area contributed by atoms with Gasteiger partial charge in [-0.1, -0.05) is 0 Å². The first-order chi connectivity index (χ1) is 13.8. The molecule has 2 aromatic carbocycles. The van der Waals surface area contributed by atoms with E-state index in [0.29, 0.717) is 11.7 Å². The predicted octanol–water partition coefficient (Wildman–Crippen LogP) is 3.96. The second kappa shape index (κ2) is 8.85. The molecule has 0 saturated carbocycles. The quantitative estimate of drug-likeness (QED) is 0.328. The number of hydrogen-bond donors (Lipinski definition) is 1. The van der Waals surface area contributed by atoms with Crippen LogP contribution in [0.2, 0.25) is 0 Å². The minimum atomic E-state index is -4.01. The smallest absolute Gasteiger partial charge is 0.409 e. The highest BCUT2D eigenvalue weighted by atomic mass is 32.2. The van der Waals surface area contributed by atoms with E-state index in [-0.39, 0.29) is 12.2 Å². The summed E-state index contributed by atoms with van der Waals surface area (Å²) >= 11 is 1.44. The Morgan fingerprint density at radius 3 is 2.48 bits per heavy atom. The highest BCUT2D eigenvalue weighted by Crippen LogP contribution is 2.31. The molecule has 3 rings (SSSR count). The zero-order chi connectivity index (χ0) is 21.0. The maximum Gasteiger partial charge on any atom is 0.409 e. The van der Waals surface area contributed by atoms with Gasteiger partial charge in [-0.15, -0.1) is 0 Å². The van der Waals surface area contributed by atoms with Gasteiger partial charge in [0.05, 0.1) is 29.2 Å². The standard InChI is InChI=1S/C19H22N4O4S2/c1-22(2)15-7-5-14(6-8-15)20-21-19-23(11-4-12-29(24,25)26)17-10-9-16(27-3)13-18(17)28-19/h5-10,13H,4,11-12H2,1-3H3/p+1. The Morgan fingerprint density at radius 2 is 1.86 bits per heavy atom. The van der Waals surface area contributed by atoms with Gasteiger partial charge in [0.25, 0.3) is 10.1 Å². The van der Waals surface area contributed by atoms with Crippen molar-refractivity contribution in [1.82, 2.24) is 0 Å². The summed E-state index contributed by atoms with van der Waals surface area (Å²) in [6, 6.07) is 13.4. The van der Waals surface area contributed by atoms with Gasteiger partial charge < -0.3 is 9.64 Å². The van der Waals surface area contributed by atoms with Gasteiger partial charge in [-0.25, -0.2) is 4.57 Å². The van der Waals surface area contributed by atoms with Gasteiger partial charge in [0.2, 0.25) is 0 Å². The van der Waals surface area contributed by atoms with Crippen molar-refractivity contribution in [2.24, 2.45) is 10.2 Å². The van der Waals surface area contributed by atoms with E-state index in [9.17, 15) is 8.42 Å². The summed E-state index contributed by atoms with van der Waals surface area (Å²) in [5.41, 5.74) is 2.69. The largest absolute Gasteiger partial charge is 0.497 e. The summed E-state index contributed by atoms with van der Waals surface area (Å²) in [6.07, 6.45) is 0.265. The zero-order valence-corrected chi connectivity index (χ0v) is 18.1. The minimum Gasteiger partial charge on any atom is -0.497 e. The normalized spacial score (nSPS) is 12.0. The molecule has 0 aliphatic carbocycles. The summed E-state index contributed by atoms with van der Waals surface area (Å²) in [4.78, 5) is 2.00. The van der Waals surface area contributed by atoms with E-state index in [1.165, 1.54) is 11.3 Å². The van der Waals surface area contributed by atoms with Crippen molar-refractivity contribution in [1.29, 1.82) is 0 Å². The first-order valence-corrected chi connectivity index (χ1v) is 11.3. The molecule has 0 unspecified atom stereocenters. The lowest BCUT2D eigenvalue weighted by Crippen LogP contribution is -2.33. The van der Waals surface area contributed by atoms with Gasteiger partial charge in [-0.05, 0) is 52.8 Å². The van der Waals surface area contributed by atoms with Gasteiger partial charge in [0.1, 0.15) is 17.0 Å². The van der Waals surface area contributed by atoms with Crippen LogP contribution in [0.15, 0.2) is 52.7 Å². The Balaban J connectivity index is 1.92. The Labute approximate surface area is 173 Å². The van der Waals surface area contributed by atoms with Crippen LogP contribution in [0.25, 0.3) is 10.2 Å². The second-order valence-corrected chi connectivity index (χ2v) is 9.20. The number of aryl methyl sites for hydroxylation is 1. The third-order valence-corrected chi connectivity index (χ3v) is 6.13. The minimum absolute atomic E-state index is 0.265. The van der Waals surface area contributed by atoms with Crippen LogP contribution < -0.4 is 14.2 Å². The van der Waals surface area contributed by atoms with Crippen molar-refractivity contribution >= 4 is 48.2 Å². The fraction of sp³-hybridized carbons (Fsp3) is 0.316. The number of rotatable bonds is 8. The van der Waals surface area contributed by atoms with Crippen LogP contribution in [0.5, 0.6) is 5.75 Å². The lowest BCUT2D eigenvalue weighted by molar-refractivity contribution is -0.654. The molecule has 1 N–H and O–H groups in total. The molecule has 0 amide bonds. The number of methoxy groups -OCH3 is 1. The summed E-state index contributed by atoms with van der Waals surface area (Å²) < 4.78 is 39.3. The van der Waals surface area contributed by atoms with Crippen LogP contribution in [0.4, 0.5) is 16.5 Å². The molecule has 0 aliphatic rings. The van der Waals surface area contributed by atoms with E-state index in [1.807, 2.05) is 66.0 Å². The Bertz CT molecular complexity index is 1120. The zero-order valence-electron chi connectivity index (χ0n) is 16.4. The number of thiazole rings is 1. The Morgan fingerprint density at radius 1 is 1.14 bits per heavy atom. The highest BCUT2D eigenvalue weighted by molar-refractivity contribution is 7.85. The maximum atomic E-state index is 11.1. The monoisotopic (exact) mass is 435 g/mol. The maximum absolute atomic E-state index is 11.1. The number of azo groups is 1. The molecule has 10 heteroatoms. The lowest BCUT2D eigenvalue weighted by atomic mass is 10.3. The molecule has 3 aromatic rings. The molecule has 1 aromatic heterocycles.